The summed E-state index contributed by atoms with van der Waals surface area (Å²) < 4.78 is 2.02. The van der Waals surface area contributed by atoms with Crippen LogP contribution in [0.1, 0.15) is 32.6 Å². The highest BCUT2D eigenvalue weighted by Gasteiger charge is 2.20. The van der Waals surface area contributed by atoms with Gasteiger partial charge in [-0.05, 0) is 50.8 Å². The van der Waals surface area contributed by atoms with Crippen molar-refractivity contribution in [3.8, 4) is 0 Å². The van der Waals surface area contributed by atoms with Crippen LogP contribution in [0.25, 0.3) is 11.2 Å². The highest BCUT2D eigenvalue weighted by Crippen LogP contribution is 2.27. The first kappa shape index (κ1) is 18.0. The van der Waals surface area contributed by atoms with E-state index in [-0.39, 0.29) is 0 Å². The second kappa shape index (κ2) is 7.70. The molecule has 2 aromatic heterocycles. The molecule has 2 heterocycles. The molecule has 3 aromatic rings. The first-order chi connectivity index (χ1) is 13.1. The lowest BCUT2D eigenvalue weighted by Crippen LogP contribution is -2.33. The summed E-state index contributed by atoms with van der Waals surface area (Å²) in [5, 5.41) is 7.49. The summed E-state index contributed by atoms with van der Waals surface area (Å²) in [6, 6.07) is 8.22. The Labute approximate surface area is 163 Å². The largest absolute Gasteiger partial charge is 0.351 e. The summed E-state index contributed by atoms with van der Waals surface area (Å²) >= 11 is 6.11. The number of hydrogen-bond acceptors (Lipinski definition) is 6. The van der Waals surface area contributed by atoms with E-state index in [1.165, 1.54) is 0 Å². The summed E-state index contributed by atoms with van der Waals surface area (Å²) in [4.78, 5) is 13.9. The normalized spacial score (nSPS) is 20.0. The van der Waals surface area contributed by atoms with Gasteiger partial charge in [0.25, 0.3) is 0 Å². The van der Waals surface area contributed by atoms with E-state index in [1.807, 2.05) is 28.8 Å². The third kappa shape index (κ3) is 3.99. The molecule has 0 saturated heterocycles. The minimum atomic E-state index is 0.313. The van der Waals surface area contributed by atoms with Gasteiger partial charge in [-0.25, -0.2) is 4.98 Å². The molecule has 0 aliphatic heterocycles. The molecule has 27 heavy (non-hydrogen) atoms. The molecule has 0 bridgehead atoms. The molecule has 4 N–H and O–H groups in total. The second-order valence-corrected chi connectivity index (χ2v) is 7.43. The van der Waals surface area contributed by atoms with Crippen LogP contribution >= 0.6 is 11.6 Å². The number of anilines is 3. The number of rotatable bonds is 5. The zero-order valence-corrected chi connectivity index (χ0v) is 16.1. The topological polar surface area (TPSA) is 93.7 Å². The van der Waals surface area contributed by atoms with E-state index in [2.05, 4.69) is 22.5 Å². The Kier molecular flexibility index (Phi) is 5.13. The molecule has 1 saturated carbocycles. The van der Waals surface area contributed by atoms with Crippen LogP contribution in [-0.4, -0.2) is 31.6 Å². The Morgan fingerprint density at radius 3 is 2.78 bits per heavy atom. The van der Waals surface area contributed by atoms with Gasteiger partial charge in [0.1, 0.15) is 0 Å². The summed E-state index contributed by atoms with van der Waals surface area (Å²) in [7, 11) is 0. The van der Waals surface area contributed by atoms with Crippen molar-refractivity contribution in [3.63, 3.8) is 0 Å². The smallest absolute Gasteiger partial charge is 0.227 e. The fourth-order valence-corrected chi connectivity index (χ4v) is 3.67. The molecule has 4 rings (SSSR count). The van der Waals surface area contributed by atoms with Crippen LogP contribution in [0.4, 0.5) is 17.5 Å². The predicted molar refractivity (Wildman–Crippen MR) is 110 cm³/mol. The summed E-state index contributed by atoms with van der Waals surface area (Å²) in [6.07, 6.45) is 5.92. The van der Waals surface area contributed by atoms with Crippen molar-refractivity contribution >= 4 is 40.2 Å². The van der Waals surface area contributed by atoms with Gasteiger partial charge in [-0.2, -0.15) is 9.97 Å². The van der Waals surface area contributed by atoms with E-state index in [4.69, 9.17) is 27.3 Å². The van der Waals surface area contributed by atoms with E-state index in [1.54, 1.807) is 6.33 Å². The van der Waals surface area contributed by atoms with Gasteiger partial charge in [0, 0.05) is 29.3 Å². The van der Waals surface area contributed by atoms with Crippen molar-refractivity contribution in [3.05, 3.63) is 35.6 Å². The number of benzene rings is 1. The maximum Gasteiger partial charge on any atom is 0.227 e. The Hall–Kier alpha value is -2.38. The summed E-state index contributed by atoms with van der Waals surface area (Å²) in [6.45, 7) is 2.87. The van der Waals surface area contributed by atoms with Crippen LogP contribution in [-0.2, 0) is 6.54 Å². The van der Waals surface area contributed by atoms with E-state index < -0.39 is 0 Å². The second-order valence-electron chi connectivity index (χ2n) is 6.99. The minimum Gasteiger partial charge on any atom is -0.351 e. The van der Waals surface area contributed by atoms with Crippen LogP contribution in [0, 0.1) is 0 Å². The van der Waals surface area contributed by atoms with Crippen LogP contribution in [0.3, 0.4) is 0 Å². The molecule has 1 aromatic carbocycles. The van der Waals surface area contributed by atoms with E-state index in [9.17, 15) is 0 Å². The third-order valence-electron chi connectivity index (χ3n) is 5.00. The first-order valence-corrected chi connectivity index (χ1v) is 9.77. The number of aromatic nitrogens is 4. The van der Waals surface area contributed by atoms with Crippen LogP contribution < -0.4 is 16.4 Å². The Bertz CT molecular complexity index is 931. The highest BCUT2D eigenvalue weighted by molar-refractivity contribution is 6.30. The molecule has 1 aliphatic rings. The number of aryl methyl sites for hydroxylation is 1. The number of nitrogens with one attached hydrogen (secondary N) is 2. The first-order valence-electron chi connectivity index (χ1n) is 9.40. The lowest BCUT2D eigenvalue weighted by Gasteiger charge is -2.26. The SMILES string of the molecule is CCn1cnc2c(Nc3cccc(Cl)c3)nc(N[C@H]3CC[C@@H](N)CC3)nc21. The Morgan fingerprint density at radius 1 is 1.22 bits per heavy atom. The fourth-order valence-electron chi connectivity index (χ4n) is 3.48. The van der Waals surface area contributed by atoms with Gasteiger partial charge in [0.05, 0.1) is 6.33 Å². The van der Waals surface area contributed by atoms with Gasteiger partial charge in [-0.3, -0.25) is 0 Å². The number of nitrogens with two attached hydrogens (primary N) is 1. The molecule has 0 amide bonds. The fraction of sp³-hybridized carbons (Fsp3) is 0.421. The zero-order valence-electron chi connectivity index (χ0n) is 15.3. The van der Waals surface area contributed by atoms with Gasteiger partial charge in [-0.1, -0.05) is 17.7 Å². The van der Waals surface area contributed by atoms with Crippen LogP contribution in [0.15, 0.2) is 30.6 Å². The van der Waals surface area contributed by atoms with Crippen LogP contribution in [0.2, 0.25) is 5.02 Å². The molecule has 0 radical (unpaired) electrons. The molecule has 8 heteroatoms. The van der Waals surface area contributed by atoms with Crippen molar-refractivity contribution < 1.29 is 0 Å². The van der Waals surface area contributed by atoms with E-state index in [0.29, 0.717) is 28.9 Å². The van der Waals surface area contributed by atoms with Crippen molar-refractivity contribution in [2.45, 2.75) is 51.2 Å². The van der Waals surface area contributed by atoms with Crippen molar-refractivity contribution in [2.24, 2.45) is 5.73 Å². The standard InChI is InChI=1S/C19H24ClN7/c1-2-27-11-22-16-17(23-15-5-3-4-12(20)10-15)25-19(26-18(16)27)24-14-8-6-13(21)7-9-14/h3-5,10-11,13-14H,2,6-9,21H2,1H3,(H2,23,24,25,26)/t13-,14+. The molecule has 0 unspecified atom stereocenters. The number of halogens is 1. The number of fused-ring (bicyclic) bond motifs is 1. The minimum absolute atomic E-state index is 0.313. The molecular formula is C19H24ClN7. The van der Waals surface area contributed by atoms with Crippen molar-refractivity contribution in [1.29, 1.82) is 0 Å². The van der Waals surface area contributed by atoms with Gasteiger partial charge >= 0.3 is 0 Å². The molecule has 0 spiro atoms. The maximum absolute atomic E-state index is 6.11. The molecule has 0 atom stereocenters. The van der Waals surface area contributed by atoms with E-state index in [0.717, 1.165) is 49.1 Å². The Morgan fingerprint density at radius 2 is 2.04 bits per heavy atom. The van der Waals surface area contributed by atoms with Crippen LogP contribution in [0.5, 0.6) is 0 Å². The quantitative estimate of drug-likeness (QED) is 0.616. The van der Waals surface area contributed by atoms with Gasteiger partial charge in [-0.15, -0.1) is 0 Å². The van der Waals surface area contributed by atoms with Gasteiger partial charge < -0.3 is 20.9 Å². The van der Waals surface area contributed by atoms with Gasteiger partial charge in [0.15, 0.2) is 17.0 Å². The number of imidazole rings is 1. The van der Waals surface area contributed by atoms with Gasteiger partial charge in [0.2, 0.25) is 5.95 Å². The zero-order chi connectivity index (χ0) is 18.8. The monoisotopic (exact) mass is 385 g/mol. The van der Waals surface area contributed by atoms with Crippen molar-refractivity contribution in [2.75, 3.05) is 10.6 Å². The molecular weight excluding hydrogens is 362 g/mol. The highest BCUT2D eigenvalue weighted by atomic mass is 35.5. The third-order valence-corrected chi connectivity index (χ3v) is 5.23. The van der Waals surface area contributed by atoms with Crippen molar-refractivity contribution in [1.82, 2.24) is 19.5 Å². The maximum atomic E-state index is 6.11. The Balaban J connectivity index is 1.67. The summed E-state index contributed by atoms with van der Waals surface area (Å²) in [5.41, 5.74) is 8.44. The average molecular weight is 386 g/mol. The molecule has 142 valence electrons. The number of nitrogens with zero attached hydrogens (tertiary/aromatic N) is 4. The predicted octanol–water partition coefficient (Wildman–Crippen LogP) is 3.93. The molecule has 1 aliphatic carbocycles. The lowest BCUT2D eigenvalue weighted by atomic mass is 9.92. The van der Waals surface area contributed by atoms with E-state index >= 15 is 0 Å². The molecule has 7 nitrogen and oxygen atoms in total. The summed E-state index contributed by atoms with van der Waals surface area (Å²) in [5.74, 6) is 1.28. The lowest BCUT2D eigenvalue weighted by molar-refractivity contribution is 0.410. The average Bonchev–Trinajstić information content (AvgIpc) is 3.07. The molecule has 1 fully saturated rings. The number of hydrogen-bond donors (Lipinski definition) is 3.